The molecule has 3 heterocycles. The average Bonchev–Trinajstić information content (AvgIpc) is 2.95. The monoisotopic (exact) mass is 303 g/mol. The van der Waals surface area contributed by atoms with Crippen molar-refractivity contribution in [3.8, 4) is 0 Å². The largest absolute Gasteiger partial charge is 0.348 e. The standard InChI is InChI=1S/C14H17N5OS/c20-14(10-21-11-4-6-15-7-5-11)16-9-13-18-17-12-3-1-2-8-19(12)13/h4-7H,1-3,8-10H2,(H,16,20). The molecule has 110 valence electrons. The predicted molar refractivity (Wildman–Crippen MR) is 79.8 cm³/mol. The minimum Gasteiger partial charge on any atom is -0.348 e. The fourth-order valence-corrected chi connectivity index (χ4v) is 3.03. The van der Waals surface area contributed by atoms with Crippen LogP contribution in [0.25, 0.3) is 0 Å². The van der Waals surface area contributed by atoms with Crippen LogP contribution < -0.4 is 5.32 Å². The molecule has 0 atom stereocenters. The maximum Gasteiger partial charge on any atom is 0.230 e. The van der Waals surface area contributed by atoms with Crippen LogP contribution in [0.4, 0.5) is 0 Å². The molecule has 0 saturated heterocycles. The van der Waals surface area contributed by atoms with E-state index < -0.39 is 0 Å². The van der Waals surface area contributed by atoms with E-state index in [4.69, 9.17) is 0 Å². The van der Waals surface area contributed by atoms with Crippen molar-refractivity contribution in [2.75, 3.05) is 5.75 Å². The fourth-order valence-electron chi connectivity index (χ4n) is 2.31. The highest BCUT2D eigenvalue weighted by Gasteiger charge is 2.15. The van der Waals surface area contributed by atoms with Gasteiger partial charge in [0.2, 0.25) is 5.91 Å². The number of pyridine rings is 1. The smallest absolute Gasteiger partial charge is 0.230 e. The van der Waals surface area contributed by atoms with Crippen LogP contribution >= 0.6 is 11.8 Å². The lowest BCUT2D eigenvalue weighted by atomic mass is 10.2. The Bertz CT molecular complexity index is 613. The molecule has 7 heteroatoms. The van der Waals surface area contributed by atoms with Crippen LogP contribution in [-0.4, -0.2) is 31.4 Å². The number of amides is 1. The summed E-state index contributed by atoms with van der Waals surface area (Å²) in [5.41, 5.74) is 0. The lowest BCUT2D eigenvalue weighted by Crippen LogP contribution is -2.27. The summed E-state index contributed by atoms with van der Waals surface area (Å²) in [6.07, 6.45) is 6.77. The van der Waals surface area contributed by atoms with Gasteiger partial charge < -0.3 is 9.88 Å². The molecule has 0 aromatic carbocycles. The number of carbonyl (C=O) groups excluding carboxylic acids is 1. The van der Waals surface area contributed by atoms with Crippen LogP contribution in [0.5, 0.6) is 0 Å². The van der Waals surface area contributed by atoms with Crippen molar-refractivity contribution in [1.82, 2.24) is 25.1 Å². The Kier molecular flexibility index (Phi) is 4.49. The first-order chi connectivity index (χ1) is 10.3. The first-order valence-corrected chi connectivity index (χ1v) is 8.02. The molecule has 2 aromatic rings. The van der Waals surface area contributed by atoms with Crippen molar-refractivity contribution in [3.63, 3.8) is 0 Å². The van der Waals surface area contributed by atoms with E-state index in [2.05, 4.69) is 25.1 Å². The Balaban J connectivity index is 1.49. The Hall–Kier alpha value is -1.89. The summed E-state index contributed by atoms with van der Waals surface area (Å²) < 4.78 is 2.12. The van der Waals surface area contributed by atoms with Crippen LogP contribution in [0.1, 0.15) is 24.5 Å². The van der Waals surface area contributed by atoms with Gasteiger partial charge in [-0.3, -0.25) is 9.78 Å². The van der Waals surface area contributed by atoms with E-state index in [0.717, 1.165) is 35.9 Å². The molecule has 3 rings (SSSR count). The molecular formula is C14H17N5OS. The van der Waals surface area contributed by atoms with E-state index in [-0.39, 0.29) is 5.91 Å². The molecule has 0 saturated carbocycles. The zero-order chi connectivity index (χ0) is 14.5. The number of fused-ring (bicyclic) bond motifs is 1. The van der Waals surface area contributed by atoms with Crippen LogP contribution in [0.2, 0.25) is 0 Å². The summed E-state index contributed by atoms with van der Waals surface area (Å²) in [4.78, 5) is 16.9. The highest BCUT2D eigenvalue weighted by Crippen LogP contribution is 2.16. The topological polar surface area (TPSA) is 72.7 Å². The van der Waals surface area contributed by atoms with Crippen molar-refractivity contribution in [2.24, 2.45) is 0 Å². The first-order valence-electron chi connectivity index (χ1n) is 7.03. The van der Waals surface area contributed by atoms with Gasteiger partial charge in [0.05, 0.1) is 12.3 Å². The number of thioether (sulfide) groups is 1. The van der Waals surface area contributed by atoms with E-state index in [1.807, 2.05) is 12.1 Å². The Morgan fingerprint density at radius 1 is 1.29 bits per heavy atom. The lowest BCUT2D eigenvalue weighted by molar-refractivity contribution is -0.118. The van der Waals surface area contributed by atoms with Gasteiger partial charge in [-0.05, 0) is 25.0 Å². The zero-order valence-electron chi connectivity index (χ0n) is 11.7. The van der Waals surface area contributed by atoms with Crippen molar-refractivity contribution in [1.29, 1.82) is 0 Å². The number of nitrogens with zero attached hydrogens (tertiary/aromatic N) is 4. The molecule has 21 heavy (non-hydrogen) atoms. The van der Waals surface area contributed by atoms with Gasteiger partial charge in [0.15, 0.2) is 5.82 Å². The predicted octanol–water partition coefficient (Wildman–Crippen LogP) is 1.42. The number of carbonyl (C=O) groups is 1. The molecule has 1 aliphatic rings. The van der Waals surface area contributed by atoms with Gasteiger partial charge in [0.1, 0.15) is 5.82 Å². The number of hydrogen-bond acceptors (Lipinski definition) is 5. The Labute approximate surface area is 127 Å². The van der Waals surface area contributed by atoms with E-state index >= 15 is 0 Å². The molecule has 2 aromatic heterocycles. The minimum atomic E-state index is 0.00460. The third kappa shape index (κ3) is 3.60. The molecule has 1 aliphatic heterocycles. The summed E-state index contributed by atoms with van der Waals surface area (Å²) in [7, 11) is 0. The maximum atomic E-state index is 11.9. The second-order valence-electron chi connectivity index (χ2n) is 4.89. The quantitative estimate of drug-likeness (QED) is 0.846. The third-order valence-corrected chi connectivity index (χ3v) is 4.41. The molecule has 0 spiro atoms. The Morgan fingerprint density at radius 3 is 3.00 bits per heavy atom. The first kappa shape index (κ1) is 14.1. The van der Waals surface area contributed by atoms with Crippen molar-refractivity contribution in [2.45, 2.75) is 37.2 Å². The molecule has 0 unspecified atom stereocenters. The second-order valence-corrected chi connectivity index (χ2v) is 5.94. The van der Waals surface area contributed by atoms with Crippen LogP contribution in [0.15, 0.2) is 29.4 Å². The van der Waals surface area contributed by atoms with Gasteiger partial charge in [0, 0.05) is 30.3 Å². The van der Waals surface area contributed by atoms with Gasteiger partial charge in [-0.25, -0.2) is 0 Å². The summed E-state index contributed by atoms with van der Waals surface area (Å²) in [5, 5.41) is 11.3. The highest BCUT2D eigenvalue weighted by molar-refractivity contribution is 8.00. The van der Waals surface area contributed by atoms with Crippen molar-refractivity contribution >= 4 is 17.7 Å². The van der Waals surface area contributed by atoms with E-state index in [1.54, 1.807) is 12.4 Å². The SMILES string of the molecule is O=C(CSc1ccncc1)NCc1nnc2n1CCCC2. The lowest BCUT2D eigenvalue weighted by Gasteiger charge is -2.14. The van der Waals surface area contributed by atoms with Crippen molar-refractivity contribution in [3.05, 3.63) is 36.2 Å². The van der Waals surface area contributed by atoms with E-state index in [1.165, 1.54) is 18.2 Å². The maximum absolute atomic E-state index is 11.9. The van der Waals surface area contributed by atoms with Crippen LogP contribution in [0, 0.1) is 0 Å². The summed E-state index contributed by atoms with van der Waals surface area (Å²) in [6, 6.07) is 3.79. The summed E-state index contributed by atoms with van der Waals surface area (Å²) in [6.45, 7) is 1.40. The molecule has 0 aliphatic carbocycles. The minimum absolute atomic E-state index is 0.00460. The number of aromatic nitrogens is 4. The number of rotatable bonds is 5. The average molecular weight is 303 g/mol. The van der Waals surface area contributed by atoms with Gasteiger partial charge in [-0.1, -0.05) is 0 Å². The molecule has 0 bridgehead atoms. The van der Waals surface area contributed by atoms with E-state index in [0.29, 0.717) is 12.3 Å². The highest BCUT2D eigenvalue weighted by atomic mass is 32.2. The summed E-state index contributed by atoms with van der Waals surface area (Å²) >= 11 is 1.50. The molecule has 1 N–H and O–H groups in total. The zero-order valence-corrected chi connectivity index (χ0v) is 12.5. The second kappa shape index (κ2) is 6.71. The molecule has 0 radical (unpaired) electrons. The fraction of sp³-hybridized carbons (Fsp3) is 0.429. The molecular weight excluding hydrogens is 286 g/mol. The number of nitrogens with one attached hydrogen (secondary N) is 1. The third-order valence-electron chi connectivity index (χ3n) is 3.40. The number of hydrogen-bond donors (Lipinski definition) is 1. The van der Waals surface area contributed by atoms with Gasteiger partial charge in [-0.15, -0.1) is 22.0 Å². The normalized spacial score (nSPS) is 13.7. The summed E-state index contributed by atoms with van der Waals surface area (Å²) in [5.74, 6) is 2.29. The number of aryl methyl sites for hydroxylation is 1. The van der Waals surface area contributed by atoms with Crippen LogP contribution in [-0.2, 0) is 24.3 Å². The van der Waals surface area contributed by atoms with Crippen LogP contribution in [0.3, 0.4) is 0 Å². The van der Waals surface area contributed by atoms with Gasteiger partial charge in [0.25, 0.3) is 0 Å². The Morgan fingerprint density at radius 2 is 2.14 bits per heavy atom. The molecule has 1 amide bonds. The van der Waals surface area contributed by atoms with Gasteiger partial charge >= 0.3 is 0 Å². The van der Waals surface area contributed by atoms with Gasteiger partial charge in [-0.2, -0.15) is 0 Å². The molecule has 6 nitrogen and oxygen atoms in total. The molecule has 0 fully saturated rings. The van der Waals surface area contributed by atoms with Crippen molar-refractivity contribution < 1.29 is 4.79 Å². The van der Waals surface area contributed by atoms with E-state index in [9.17, 15) is 4.79 Å².